The standard InChI is InChI=1S/C13H10Cl2F2N2/c14-7-1-3-10(12(17)5-7)13(19-18)9-4-2-8(16)6-11(9)15/h1-6,13,19H,18H2. The Hall–Kier alpha value is -1.20. The third-order valence-electron chi connectivity index (χ3n) is 2.71. The molecule has 3 N–H and O–H groups in total. The number of halogens is 4. The Morgan fingerprint density at radius 1 is 1.00 bits per heavy atom. The predicted molar refractivity (Wildman–Crippen MR) is 72.0 cm³/mol. The fourth-order valence-corrected chi connectivity index (χ4v) is 2.25. The molecule has 0 aliphatic carbocycles. The molecule has 2 aromatic rings. The molecular weight excluding hydrogens is 293 g/mol. The van der Waals surface area contributed by atoms with Crippen LogP contribution in [0.3, 0.4) is 0 Å². The van der Waals surface area contributed by atoms with E-state index in [-0.39, 0.29) is 15.6 Å². The van der Waals surface area contributed by atoms with Gasteiger partial charge in [0, 0.05) is 15.6 Å². The number of hydrazine groups is 1. The van der Waals surface area contributed by atoms with Gasteiger partial charge in [-0.3, -0.25) is 5.84 Å². The highest BCUT2D eigenvalue weighted by Gasteiger charge is 2.19. The quantitative estimate of drug-likeness (QED) is 0.668. The van der Waals surface area contributed by atoms with Gasteiger partial charge in [-0.1, -0.05) is 35.3 Å². The van der Waals surface area contributed by atoms with Gasteiger partial charge in [0.05, 0.1) is 6.04 Å². The number of nitrogens with one attached hydrogen (secondary N) is 1. The Labute approximate surface area is 119 Å². The van der Waals surface area contributed by atoms with Gasteiger partial charge in [-0.05, 0) is 29.8 Å². The fourth-order valence-electron chi connectivity index (χ4n) is 1.82. The number of rotatable bonds is 3. The van der Waals surface area contributed by atoms with Crippen molar-refractivity contribution in [2.45, 2.75) is 6.04 Å². The van der Waals surface area contributed by atoms with Gasteiger partial charge in [-0.25, -0.2) is 14.2 Å². The molecule has 0 bridgehead atoms. The van der Waals surface area contributed by atoms with E-state index in [9.17, 15) is 8.78 Å². The Bertz CT molecular complexity index is 554. The second-order valence-electron chi connectivity index (χ2n) is 3.93. The number of hydrogen-bond acceptors (Lipinski definition) is 2. The first kappa shape index (κ1) is 14.2. The van der Waals surface area contributed by atoms with Crippen molar-refractivity contribution in [3.05, 3.63) is 69.2 Å². The van der Waals surface area contributed by atoms with E-state index in [1.54, 1.807) is 6.07 Å². The molecular formula is C13H10Cl2F2N2. The van der Waals surface area contributed by atoms with Gasteiger partial charge in [0.15, 0.2) is 0 Å². The molecule has 2 nitrogen and oxygen atoms in total. The highest BCUT2D eigenvalue weighted by Crippen LogP contribution is 2.30. The highest BCUT2D eigenvalue weighted by atomic mass is 35.5. The summed E-state index contributed by atoms with van der Waals surface area (Å²) in [6, 6.07) is 7.37. The van der Waals surface area contributed by atoms with Crippen LogP contribution in [-0.4, -0.2) is 0 Å². The van der Waals surface area contributed by atoms with Crippen molar-refractivity contribution in [3.8, 4) is 0 Å². The van der Waals surface area contributed by atoms with E-state index in [4.69, 9.17) is 29.0 Å². The van der Waals surface area contributed by atoms with Crippen LogP contribution in [0.15, 0.2) is 36.4 Å². The molecule has 0 saturated carbocycles. The van der Waals surface area contributed by atoms with Gasteiger partial charge < -0.3 is 0 Å². The second-order valence-corrected chi connectivity index (χ2v) is 4.77. The van der Waals surface area contributed by atoms with Crippen molar-refractivity contribution in [1.82, 2.24) is 5.43 Å². The Morgan fingerprint density at radius 3 is 2.26 bits per heavy atom. The number of nitrogens with two attached hydrogens (primary N) is 1. The molecule has 100 valence electrons. The van der Waals surface area contributed by atoms with Crippen LogP contribution in [0.25, 0.3) is 0 Å². The van der Waals surface area contributed by atoms with Gasteiger partial charge >= 0.3 is 0 Å². The smallest absolute Gasteiger partial charge is 0.129 e. The topological polar surface area (TPSA) is 38.0 Å². The van der Waals surface area contributed by atoms with Gasteiger partial charge in [0.2, 0.25) is 0 Å². The summed E-state index contributed by atoms with van der Waals surface area (Å²) in [4.78, 5) is 0. The van der Waals surface area contributed by atoms with Crippen molar-refractivity contribution in [2.24, 2.45) is 5.84 Å². The van der Waals surface area contributed by atoms with E-state index in [0.717, 1.165) is 6.07 Å². The Kier molecular flexibility index (Phi) is 4.37. The molecule has 19 heavy (non-hydrogen) atoms. The number of benzene rings is 2. The lowest BCUT2D eigenvalue weighted by Crippen LogP contribution is -2.29. The molecule has 2 aromatic carbocycles. The largest absolute Gasteiger partial charge is 0.271 e. The van der Waals surface area contributed by atoms with E-state index in [1.165, 1.54) is 24.3 Å². The van der Waals surface area contributed by atoms with Gasteiger partial charge in [0.25, 0.3) is 0 Å². The van der Waals surface area contributed by atoms with Crippen LogP contribution in [0.1, 0.15) is 17.2 Å². The van der Waals surface area contributed by atoms with E-state index < -0.39 is 17.7 Å². The number of hydrogen-bond donors (Lipinski definition) is 2. The predicted octanol–water partition coefficient (Wildman–Crippen LogP) is 3.82. The van der Waals surface area contributed by atoms with Crippen LogP contribution in [0, 0.1) is 11.6 Å². The van der Waals surface area contributed by atoms with Gasteiger partial charge in [-0.15, -0.1) is 0 Å². The minimum atomic E-state index is -0.689. The molecule has 0 heterocycles. The van der Waals surface area contributed by atoms with Crippen molar-refractivity contribution >= 4 is 23.2 Å². The minimum absolute atomic E-state index is 0.164. The lowest BCUT2D eigenvalue weighted by molar-refractivity contribution is 0.559. The molecule has 0 spiro atoms. The van der Waals surface area contributed by atoms with E-state index in [2.05, 4.69) is 5.43 Å². The first-order chi connectivity index (χ1) is 9.02. The summed E-state index contributed by atoms with van der Waals surface area (Å²) in [6.45, 7) is 0. The van der Waals surface area contributed by atoms with Crippen molar-refractivity contribution in [1.29, 1.82) is 0 Å². The summed E-state index contributed by atoms with van der Waals surface area (Å²) >= 11 is 11.6. The van der Waals surface area contributed by atoms with Crippen molar-refractivity contribution in [3.63, 3.8) is 0 Å². The highest BCUT2D eigenvalue weighted by molar-refractivity contribution is 6.31. The zero-order valence-corrected chi connectivity index (χ0v) is 11.1. The maximum Gasteiger partial charge on any atom is 0.129 e. The van der Waals surface area contributed by atoms with E-state index in [1.807, 2.05) is 0 Å². The first-order valence-electron chi connectivity index (χ1n) is 5.39. The van der Waals surface area contributed by atoms with Crippen molar-refractivity contribution < 1.29 is 8.78 Å². The summed E-state index contributed by atoms with van der Waals surface area (Å²) in [5, 5.41) is 0.444. The molecule has 0 aromatic heterocycles. The molecule has 0 radical (unpaired) electrons. The minimum Gasteiger partial charge on any atom is -0.271 e. The molecule has 2 rings (SSSR count). The lowest BCUT2D eigenvalue weighted by Gasteiger charge is -2.19. The Balaban J connectivity index is 2.50. The Morgan fingerprint density at radius 2 is 1.68 bits per heavy atom. The molecule has 0 amide bonds. The fraction of sp³-hybridized carbons (Fsp3) is 0.0769. The lowest BCUT2D eigenvalue weighted by atomic mass is 9.98. The van der Waals surface area contributed by atoms with Crippen LogP contribution < -0.4 is 11.3 Å². The van der Waals surface area contributed by atoms with Crippen LogP contribution in [-0.2, 0) is 0 Å². The molecule has 0 aliphatic heterocycles. The van der Waals surface area contributed by atoms with Crippen LogP contribution in [0.4, 0.5) is 8.78 Å². The molecule has 1 atom stereocenters. The van der Waals surface area contributed by atoms with Gasteiger partial charge in [-0.2, -0.15) is 0 Å². The summed E-state index contributed by atoms with van der Waals surface area (Å²) in [6.07, 6.45) is 0. The molecule has 1 unspecified atom stereocenters. The average molecular weight is 303 g/mol. The van der Waals surface area contributed by atoms with Crippen LogP contribution in [0.2, 0.25) is 10.0 Å². The van der Waals surface area contributed by atoms with Crippen LogP contribution in [0.5, 0.6) is 0 Å². The van der Waals surface area contributed by atoms with E-state index >= 15 is 0 Å². The third kappa shape index (κ3) is 3.04. The normalized spacial score (nSPS) is 12.5. The average Bonchev–Trinajstić information content (AvgIpc) is 2.34. The third-order valence-corrected chi connectivity index (χ3v) is 3.28. The molecule has 0 fully saturated rings. The zero-order valence-electron chi connectivity index (χ0n) is 9.63. The second kappa shape index (κ2) is 5.84. The van der Waals surface area contributed by atoms with Gasteiger partial charge in [0.1, 0.15) is 11.6 Å². The maximum absolute atomic E-state index is 13.9. The SMILES string of the molecule is NNC(c1ccc(Cl)cc1F)c1ccc(F)cc1Cl. The summed E-state index contributed by atoms with van der Waals surface area (Å²) in [5.41, 5.74) is 3.22. The summed E-state index contributed by atoms with van der Waals surface area (Å²) in [7, 11) is 0. The van der Waals surface area contributed by atoms with E-state index in [0.29, 0.717) is 5.56 Å². The van der Waals surface area contributed by atoms with Crippen molar-refractivity contribution in [2.75, 3.05) is 0 Å². The first-order valence-corrected chi connectivity index (χ1v) is 6.14. The van der Waals surface area contributed by atoms with Crippen LogP contribution >= 0.6 is 23.2 Å². The zero-order chi connectivity index (χ0) is 14.0. The molecule has 6 heteroatoms. The monoisotopic (exact) mass is 302 g/mol. The summed E-state index contributed by atoms with van der Waals surface area (Å²) in [5.74, 6) is 4.46. The molecule has 0 aliphatic rings. The molecule has 0 saturated heterocycles. The summed E-state index contributed by atoms with van der Waals surface area (Å²) < 4.78 is 26.9. The maximum atomic E-state index is 13.9.